The Bertz CT molecular complexity index is 359. The summed E-state index contributed by atoms with van der Waals surface area (Å²) in [5, 5.41) is 12.1. The standard InChI is InChI=1S/C15H26N2O3/c1-11-4-3-8-17(9-7-11)15(20)16-13-6-2-5-12(10-13)14(18)19/h11-13H,2-10H2,1H3,(H,16,20)(H,18,19). The number of hydrogen-bond donors (Lipinski definition) is 2. The molecule has 2 amide bonds. The van der Waals surface area contributed by atoms with Gasteiger partial charge in [-0.05, 0) is 44.4 Å². The van der Waals surface area contributed by atoms with Gasteiger partial charge in [0, 0.05) is 19.1 Å². The highest BCUT2D eigenvalue weighted by atomic mass is 16.4. The first-order valence-electron chi connectivity index (χ1n) is 7.84. The number of aliphatic carboxylic acids is 1. The summed E-state index contributed by atoms with van der Waals surface area (Å²) >= 11 is 0. The number of carboxylic acid groups (broad SMARTS) is 1. The fourth-order valence-electron chi connectivity index (χ4n) is 3.28. The number of hydrogen-bond acceptors (Lipinski definition) is 2. The number of carbonyl (C=O) groups is 2. The van der Waals surface area contributed by atoms with E-state index in [1.54, 1.807) is 0 Å². The zero-order valence-electron chi connectivity index (χ0n) is 12.3. The highest BCUT2D eigenvalue weighted by molar-refractivity contribution is 5.75. The highest BCUT2D eigenvalue weighted by Crippen LogP contribution is 2.25. The smallest absolute Gasteiger partial charge is 0.317 e. The van der Waals surface area contributed by atoms with Gasteiger partial charge in [0.25, 0.3) is 0 Å². The maximum atomic E-state index is 12.3. The van der Waals surface area contributed by atoms with Gasteiger partial charge < -0.3 is 15.3 Å². The van der Waals surface area contributed by atoms with Gasteiger partial charge in [0.1, 0.15) is 0 Å². The molecule has 1 aliphatic heterocycles. The van der Waals surface area contributed by atoms with Gasteiger partial charge in [-0.25, -0.2) is 4.79 Å². The van der Waals surface area contributed by atoms with Crippen LogP contribution in [0.1, 0.15) is 51.9 Å². The third-order valence-electron chi connectivity index (χ3n) is 4.66. The van der Waals surface area contributed by atoms with Crippen LogP contribution >= 0.6 is 0 Å². The lowest BCUT2D eigenvalue weighted by atomic mass is 9.86. The van der Waals surface area contributed by atoms with Crippen molar-refractivity contribution in [3.8, 4) is 0 Å². The van der Waals surface area contributed by atoms with E-state index in [9.17, 15) is 9.59 Å². The van der Waals surface area contributed by atoms with Crippen LogP contribution in [0, 0.1) is 11.8 Å². The molecule has 5 heteroatoms. The molecule has 5 nitrogen and oxygen atoms in total. The first-order valence-corrected chi connectivity index (χ1v) is 7.84. The molecule has 1 aliphatic carbocycles. The van der Waals surface area contributed by atoms with Crippen molar-refractivity contribution in [2.24, 2.45) is 11.8 Å². The first-order chi connectivity index (χ1) is 9.56. The predicted molar refractivity (Wildman–Crippen MR) is 76.5 cm³/mol. The lowest BCUT2D eigenvalue weighted by Gasteiger charge is -2.30. The molecular formula is C15H26N2O3. The minimum Gasteiger partial charge on any atom is -0.481 e. The van der Waals surface area contributed by atoms with Crippen molar-refractivity contribution in [3.05, 3.63) is 0 Å². The van der Waals surface area contributed by atoms with Crippen LogP contribution in [0.3, 0.4) is 0 Å². The number of urea groups is 1. The summed E-state index contributed by atoms with van der Waals surface area (Å²) in [6.07, 6.45) is 6.42. The average molecular weight is 282 g/mol. The van der Waals surface area contributed by atoms with Crippen molar-refractivity contribution >= 4 is 12.0 Å². The van der Waals surface area contributed by atoms with E-state index in [0.717, 1.165) is 45.2 Å². The lowest BCUT2D eigenvalue weighted by molar-refractivity contribution is -0.143. The molecule has 2 rings (SSSR count). The normalized spacial score (nSPS) is 31.4. The van der Waals surface area contributed by atoms with Crippen LogP contribution < -0.4 is 5.32 Å². The number of amides is 2. The molecule has 1 saturated heterocycles. The van der Waals surface area contributed by atoms with Gasteiger partial charge in [0.2, 0.25) is 0 Å². The molecule has 1 heterocycles. The summed E-state index contributed by atoms with van der Waals surface area (Å²) < 4.78 is 0. The molecule has 0 radical (unpaired) electrons. The van der Waals surface area contributed by atoms with Crippen molar-refractivity contribution in [2.45, 2.75) is 57.9 Å². The second-order valence-corrected chi connectivity index (χ2v) is 6.37. The Hall–Kier alpha value is -1.26. The second-order valence-electron chi connectivity index (χ2n) is 6.37. The summed E-state index contributed by atoms with van der Waals surface area (Å²) in [7, 11) is 0. The molecule has 2 N–H and O–H groups in total. The molecule has 1 saturated carbocycles. The summed E-state index contributed by atoms with van der Waals surface area (Å²) in [5.74, 6) is -0.329. The first kappa shape index (κ1) is 15.1. The summed E-state index contributed by atoms with van der Waals surface area (Å²) in [6.45, 7) is 3.88. The number of nitrogens with one attached hydrogen (secondary N) is 1. The molecule has 0 bridgehead atoms. The van der Waals surface area contributed by atoms with E-state index in [2.05, 4.69) is 12.2 Å². The Labute approximate surface area is 120 Å². The molecule has 3 unspecified atom stereocenters. The fraction of sp³-hybridized carbons (Fsp3) is 0.867. The highest BCUT2D eigenvalue weighted by Gasteiger charge is 2.29. The number of carboxylic acids is 1. The summed E-state index contributed by atoms with van der Waals surface area (Å²) in [5.41, 5.74) is 0. The van der Waals surface area contributed by atoms with Gasteiger partial charge in [0.15, 0.2) is 0 Å². The van der Waals surface area contributed by atoms with Crippen molar-refractivity contribution in [1.82, 2.24) is 10.2 Å². The Kier molecular flexibility index (Phi) is 5.26. The molecule has 2 aliphatic rings. The van der Waals surface area contributed by atoms with Gasteiger partial charge in [0.05, 0.1) is 5.92 Å². The Morgan fingerprint density at radius 1 is 1.10 bits per heavy atom. The van der Waals surface area contributed by atoms with Crippen LogP contribution in [-0.2, 0) is 4.79 Å². The molecule has 0 aromatic heterocycles. The van der Waals surface area contributed by atoms with E-state index in [1.807, 2.05) is 4.90 Å². The minimum atomic E-state index is -0.729. The third-order valence-corrected chi connectivity index (χ3v) is 4.66. The summed E-state index contributed by atoms with van der Waals surface area (Å²) in [6, 6.07) is 0.0214. The van der Waals surface area contributed by atoms with Crippen LogP contribution in [0.5, 0.6) is 0 Å². The van der Waals surface area contributed by atoms with Crippen molar-refractivity contribution < 1.29 is 14.7 Å². The number of carbonyl (C=O) groups excluding carboxylic acids is 1. The van der Waals surface area contributed by atoms with Crippen molar-refractivity contribution in [1.29, 1.82) is 0 Å². The zero-order chi connectivity index (χ0) is 14.5. The number of rotatable bonds is 2. The quantitative estimate of drug-likeness (QED) is 0.817. The minimum absolute atomic E-state index is 0.00450. The maximum absolute atomic E-state index is 12.3. The van der Waals surface area contributed by atoms with Gasteiger partial charge in [-0.3, -0.25) is 4.79 Å². The molecule has 114 valence electrons. The van der Waals surface area contributed by atoms with Crippen LogP contribution in [0.15, 0.2) is 0 Å². The van der Waals surface area contributed by atoms with Crippen LogP contribution in [0.25, 0.3) is 0 Å². The van der Waals surface area contributed by atoms with Crippen LogP contribution in [0.2, 0.25) is 0 Å². The van der Waals surface area contributed by atoms with Crippen molar-refractivity contribution in [2.75, 3.05) is 13.1 Å². The maximum Gasteiger partial charge on any atom is 0.317 e. The van der Waals surface area contributed by atoms with Crippen LogP contribution in [-0.4, -0.2) is 41.1 Å². The van der Waals surface area contributed by atoms with Gasteiger partial charge in [-0.1, -0.05) is 13.3 Å². The largest absolute Gasteiger partial charge is 0.481 e. The number of nitrogens with zero attached hydrogens (tertiary/aromatic N) is 1. The topological polar surface area (TPSA) is 69.6 Å². The van der Waals surface area contributed by atoms with E-state index in [4.69, 9.17) is 5.11 Å². The molecule has 3 atom stereocenters. The van der Waals surface area contributed by atoms with Crippen LogP contribution in [0.4, 0.5) is 4.79 Å². The Morgan fingerprint density at radius 3 is 2.65 bits per heavy atom. The van der Waals surface area contributed by atoms with E-state index in [0.29, 0.717) is 12.3 Å². The van der Waals surface area contributed by atoms with E-state index < -0.39 is 5.97 Å². The third kappa shape index (κ3) is 4.12. The van der Waals surface area contributed by atoms with E-state index >= 15 is 0 Å². The molecule has 0 aromatic rings. The second kappa shape index (κ2) is 6.95. The Morgan fingerprint density at radius 2 is 1.90 bits per heavy atom. The lowest BCUT2D eigenvalue weighted by Crippen LogP contribution is -2.47. The molecular weight excluding hydrogens is 256 g/mol. The Balaban J connectivity index is 1.82. The van der Waals surface area contributed by atoms with Gasteiger partial charge >= 0.3 is 12.0 Å². The zero-order valence-corrected chi connectivity index (χ0v) is 12.3. The van der Waals surface area contributed by atoms with E-state index in [-0.39, 0.29) is 18.0 Å². The summed E-state index contributed by atoms with van der Waals surface area (Å²) in [4.78, 5) is 25.2. The fourth-order valence-corrected chi connectivity index (χ4v) is 3.28. The van der Waals surface area contributed by atoms with Gasteiger partial charge in [-0.2, -0.15) is 0 Å². The number of likely N-dealkylation sites (tertiary alicyclic amines) is 1. The SMILES string of the molecule is CC1CCCN(C(=O)NC2CCCC(C(=O)O)C2)CC1. The monoisotopic (exact) mass is 282 g/mol. The predicted octanol–water partition coefficient (Wildman–Crippen LogP) is 2.46. The van der Waals surface area contributed by atoms with Crippen molar-refractivity contribution in [3.63, 3.8) is 0 Å². The van der Waals surface area contributed by atoms with Gasteiger partial charge in [-0.15, -0.1) is 0 Å². The van der Waals surface area contributed by atoms with E-state index in [1.165, 1.54) is 6.42 Å². The molecule has 0 aromatic carbocycles. The molecule has 0 spiro atoms. The molecule has 2 fully saturated rings. The molecule has 20 heavy (non-hydrogen) atoms. The average Bonchev–Trinajstić information content (AvgIpc) is 2.64.